The van der Waals surface area contributed by atoms with Crippen LogP contribution < -0.4 is 10.6 Å². The normalized spacial score (nSPS) is 10.2. The summed E-state index contributed by atoms with van der Waals surface area (Å²) in [6.07, 6.45) is 4.49. The molecule has 0 bridgehead atoms. The molecule has 1 aromatic rings. The number of urea groups is 1. The van der Waals surface area contributed by atoms with Crippen molar-refractivity contribution < 1.29 is 9.59 Å². The van der Waals surface area contributed by atoms with E-state index in [4.69, 9.17) is 0 Å². The van der Waals surface area contributed by atoms with Gasteiger partial charge in [-0.15, -0.1) is 0 Å². The van der Waals surface area contributed by atoms with Crippen molar-refractivity contribution in [1.29, 1.82) is 0 Å². The highest BCUT2D eigenvalue weighted by Gasteiger charge is 2.13. The van der Waals surface area contributed by atoms with E-state index < -0.39 is 0 Å². The predicted molar refractivity (Wildman–Crippen MR) is 94.9 cm³/mol. The van der Waals surface area contributed by atoms with Gasteiger partial charge in [-0.3, -0.25) is 4.79 Å². The molecule has 0 saturated carbocycles. The van der Waals surface area contributed by atoms with Crippen LogP contribution in [0.25, 0.3) is 0 Å². The average Bonchev–Trinajstić information content (AvgIpc) is 2.56. The van der Waals surface area contributed by atoms with Crippen LogP contribution in [0.15, 0.2) is 24.3 Å². The molecule has 0 spiro atoms. The van der Waals surface area contributed by atoms with Gasteiger partial charge in [0.15, 0.2) is 0 Å². The van der Waals surface area contributed by atoms with Crippen molar-refractivity contribution in [3.63, 3.8) is 0 Å². The maximum Gasteiger partial charge on any atom is 0.319 e. The van der Waals surface area contributed by atoms with Gasteiger partial charge in [0, 0.05) is 30.9 Å². The van der Waals surface area contributed by atoms with Gasteiger partial charge in [0.25, 0.3) is 5.91 Å². The fourth-order valence-corrected chi connectivity index (χ4v) is 2.35. The van der Waals surface area contributed by atoms with E-state index in [-0.39, 0.29) is 11.9 Å². The molecule has 23 heavy (non-hydrogen) atoms. The molecule has 0 saturated heterocycles. The van der Waals surface area contributed by atoms with Crippen LogP contribution in [-0.2, 0) is 0 Å². The lowest BCUT2D eigenvalue weighted by Crippen LogP contribution is -2.31. The second-order valence-electron chi connectivity index (χ2n) is 5.50. The number of benzene rings is 1. The van der Waals surface area contributed by atoms with E-state index in [0.29, 0.717) is 30.9 Å². The van der Waals surface area contributed by atoms with Crippen LogP contribution in [0.3, 0.4) is 0 Å². The second kappa shape index (κ2) is 10.6. The number of carbonyl (C=O) groups excluding carboxylic acids is 2. The molecule has 0 aliphatic carbocycles. The third-order valence-corrected chi connectivity index (χ3v) is 3.73. The highest BCUT2D eigenvalue weighted by molar-refractivity contribution is 5.96. The van der Waals surface area contributed by atoms with Gasteiger partial charge in [0.05, 0.1) is 0 Å². The number of hydrogen-bond donors (Lipinski definition) is 2. The fourth-order valence-electron chi connectivity index (χ4n) is 2.35. The standard InChI is InChI=1S/C18H29N3O2/c1-4-7-8-9-13-19-18(23)20-16-12-10-11-15(14-16)17(22)21(5-2)6-3/h10-12,14H,4-9,13H2,1-3H3,(H2,19,20,23). The summed E-state index contributed by atoms with van der Waals surface area (Å²) in [7, 11) is 0. The Kier molecular flexibility index (Phi) is 8.80. The molecule has 0 aromatic heterocycles. The van der Waals surface area contributed by atoms with Crippen LogP contribution in [0.5, 0.6) is 0 Å². The summed E-state index contributed by atoms with van der Waals surface area (Å²) in [6, 6.07) is 6.84. The monoisotopic (exact) mass is 319 g/mol. The Hall–Kier alpha value is -2.04. The van der Waals surface area contributed by atoms with E-state index in [1.54, 1.807) is 29.2 Å². The van der Waals surface area contributed by atoms with E-state index in [2.05, 4.69) is 17.6 Å². The van der Waals surface area contributed by atoms with Gasteiger partial charge in [-0.05, 0) is 38.5 Å². The summed E-state index contributed by atoms with van der Waals surface area (Å²) in [6.45, 7) is 8.08. The van der Waals surface area contributed by atoms with Gasteiger partial charge in [-0.25, -0.2) is 4.79 Å². The van der Waals surface area contributed by atoms with Crippen molar-refractivity contribution in [3.8, 4) is 0 Å². The molecule has 1 rings (SSSR count). The van der Waals surface area contributed by atoms with Crippen LogP contribution in [0.4, 0.5) is 10.5 Å². The van der Waals surface area contributed by atoms with Crippen molar-refractivity contribution in [2.75, 3.05) is 25.0 Å². The molecule has 0 heterocycles. The number of nitrogens with zero attached hydrogens (tertiary/aromatic N) is 1. The summed E-state index contributed by atoms with van der Waals surface area (Å²) in [4.78, 5) is 25.9. The quantitative estimate of drug-likeness (QED) is 0.679. The fraction of sp³-hybridized carbons (Fsp3) is 0.556. The Morgan fingerprint density at radius 3 is 2.43 bits per heavy atom. The summed E-state index contributed by atoms with van der Waals surface area (Å²) < 4.78 is 0. The van der Waals surface area contributed by atoms with E-state index in [1.807, 2.05) is 13.8 Å². The zero-order valence-corrected chi connectivity index (χ0v) is 14.5. The molecule has 3 amide bonds. The first-order valence-electron chi connectivity index (χ1n) is 8.56. The molecule has 2 N–H and O–H groups in total. The highest BCUT2D eigenvalue weighted by Crippen LogP contribution is 2.13. The van der Waals surface area contributed by atoms with Crippen molar-refractivity contribution in [1.82, 2.24) is 10.2 Å². The Bertz CT molecular complexity index is 499. The molecule has 5 heteroatoms. The van der Waals surface area contributed by atoms with E-state index in [1.165, 1.54) is 12.8 Å². The Morgan fingerprint density at radius 1 is 1.04 bits per heavy atom. The summed E-state index contributed by atoms with van der Waals surface area (Å²) in [5.74, 6) is -0.0152. The zero-order chi connectivity index (χ0) is 17.1. The van der Waals surface area contributed by atoms with E-state index in [9.17, 15) is 9.59 Å². The smallest absolute Gasteiger partial charge is 0.319 e. The largest absolute Gasteiger partial charge is 0.339 e. The first-order valence-corrected chi connectivity index (χ1v) is 8.56. The summed E-state index contributed by atoms with van der Waals surface area (Å²) in [5, 5.41) is 5.62. The summed E-state index contributed by atoms with van der Waals surface area (Å²) >= 11 is 0. The van der Waals surface area contributed by atoms with Gasteiger partial charge in [-0.1, -0.05) is 32.3 Å². The number of carbonyl (C=O) groups is 2. The molecule has 0 fully saturated rings. The van der Waals surface area contributed by atoms with Gasteiger partial charge >= 0.3 is 6.03 Å². The lowest BCUT2D eigenvalue weighted by Gasteiger charge is -2.19. The molecule has 0 atom stereocenters. The Morgan fingerprint density at radius 2 is 1.78 bits per heavy atom. The van der Waals surface area contributed by atoms with Crippen LogP contribution in [0.1, 0.15) is 56.8 Å². The van der Waals surface area contributed by atoms with Crippen LogP contribution in [0.2, 0.25) is 0 Å². The maximum atomic E-state index is 12.3. The summed E-state index contributed by atoms with van der Waals surface area (Å²) in [5.41, 5.74) is 1.23. The van der Waals surface area contributed by atoms with Crippen molar-refractivity contribution in [2.45, 2.75) is 46.5 Å². The van der Waals surface area contributed by atoms with Gasteiger partial charge in [0.2, 0.25) is 0 Å². The minimum Gasteiger partial charge on any atom is -0.339 e. The first kappa shape index (κ1) is 19.0. The maximum absolute atomic E-state index is 12.3. The Labute approximate surface area is 139 Å². The van der Waals surface area contributed by atoms with Gasteiger partial charge in [0.1, 0.15) is 0 Å². The third-order valence-electron chi connectivity index (χ3n) is 3.73. The lowest BCUT2D eigenvalue weighted by molar-refractivity contribution is 0.0773. The number of nitrogens with one attached hydrogen (secondary N) is 2. The topological polar surface area (TPSA) is 61.4 Å². The molecule has 5 nitrogen and oxygen atoms in total. The lowest BCUT2D eigenvalue weighted by atomic mass is 10.1. The van der Waals surface area contributed by atoms with Gasteiger partial charge in [-0.2, -0.15) is 0 Å². The number of rotatable bonds is 9. The zero-order valence-electron chi connectivity index (χ0n) is 14.5. The molecule has 0 unspecified atom stereocenters. The number of hydrogen-bond acceptors (Lipinski definition) is 2. The molecule has 0 aliphatic rings. The van der Waals surface area contributed by atoms with Crippen molar-refractivity contribution >= 4 is 17.6 Å². The highest BCUT2D eigenvalue weighted by atomic mass is 16.2. The molecule has 1 aromatic carbocycles. The molecule has 0 aliphatic heterocycles. The van der Waals surface area contributed by atoms with Crippen molar-refractivity contribution in [3.05, 3.63) is 29.8 Å². The van der Waals surface area contributed by atoms with E-state index >= 15 is 0 Å². The minimum atomic E-state index is -0.228. The molecular weight excluding hydrogens is 290 g/mol. The third kappa shape index (κ3) is 6.72. The minimum absolute atomic E-state index is 0.0152. The number of amides is 3. The SMILES string of the molecule is CCCCCCNC(=O)Nc1cccc(C(=O)N(CC)CC)c1. The Balaban J connectivity index is 2.53. The second-order valence-corrected chi connectivity index (χ2v) is 5.50. The molecular formula is C18H29N3O2. The van der Waals surface area contributed by atoms with Crippen LogP contribution in [-0.4, -0.2) is 36.5 Å². The molecule has 0 radical (unpaired) electrons. The number of unbranched alkanes of at least 4 members (excludes halogenated alkanes) is 3. The average molecular weight is 319 g/mol. The van der Waals surface area contributed by atoms with Crippen LogP contribution in [0, 0.1) is 0 Å². The van der Waals surface area contributed by atoms with Crippen LogP contribution >= 0.6 is 0 Å². The first-order chi connectivity index (χ1) is 11.1. The van der Waals surface area contributed by atoms with Gasteiger partial charge < -0.3 is 15.5 Å². The predicted octanol–water partition coefficient (Wildman–Crippen LogP) is 3.87. The van der Waals surface area contributed by atoms with Crippen molar-refractivity contribution in [2.24, 2.45) is 0 Å². The molecule has 128 valence electrons. The van der Waals surface area contributed by atoms with E-state index in [0.717, 1.165) is 12.8 Å². The number of anilines is 1.